The van der Waals surface area contributed by atoms with Crippen LogP contribution < -0.4 is 5.32 Å². The van der Waals surface area contributed by atoms with E-state index in [1.165, 1.54) is 4.31 Å². The summed E-state index contributed by atoms with van der Waals surface area (Å²) in [6.07, 6.45) is 0. The maximum absolute atomic E-state index is 12.6. The number of nitrogens with one attached hydrogen (secondary N) is 1. The molecule has 112 valence electrons. The Kier molecular flexibility index (Phi) is 4.03. The first-order chi connectivity index (χ1) is 9.79. The zero-order valence-corrected chi connectivity index (χ0v) is 12.8. The highest BCUT2D eigenvalue weighted by Gasteiger charge is 2.44. The Labute approximate surface area is 124 Å². The van der Waals surface area contributed by atoms with Gasteiger partial charge in [-0.25, -0.2) is 8.42 Å². The van der Waals surface area contributed by atoms with Gasteiger partial charge in [-0.2, -0.15) is 9.57 Å². The monoisotopic (exact) mass is 307 g/mol. The predicted molar refractivity (Wildman–Crippen MR) is 77.6 cm³/mol. The molecular weight excluding hydrogens is 290 g/mol. The third kappa shape index (κ3) is 2.91. The molecule has 1 aliphatic rings. The van der Waals surface area contributed by atoms with Gasteiger partial charge in [0, 0.05) is 13.1 Å². The van der Waals surface area contributed by atoms with Crippen LogP contribution in [0.5, 0.6) is 0 Å². The molecule has 1 saturated heterocycles. The van der Waals surface area contributed by atoms with E-state index in [-0.39, 0.29) is 18.2 Å². The topological polar surface area (TPSA) is 90.3 Å². The number of hydrogen-bond acceptors (Lipinski definition) is 4. The van der Waals surface area contributed by atoms with E-state index < -0.39 is 15.6 Å². The highest BCUT2D eigenvalue weighted by atomic mass is 32.2. The molecule has 0 saturated carbocycles. The maximum Gasteiger partial charge on any atom is 0.241 e. The highest BCUT2D eigenvalue weighted by Crippen LogP contribution is 2.24. The molecule has 0 aliphatic carbocycles. The number of benzene rings is 1. The van der Waals surface area contributed by atoms with E-state index in [0.717, 1.165) is 0 Å². The number of nitrogens with zero attached hydrogens (tertiary/aromatic N) is 2. The Hall–Kier alpha value is -1.91. The summed E-state index contributed by atoms with van der Waals surface area (Å²) < 4.78 is 26.5. The van der Waals surface area contributed by atoms with Crippen molar-refractivity contribution >= 4 is 15.9 Å². The summed E-state index contributed by atoms with van der Waals surface area (Å²) in [5.41, 5.74) is -0.347. The maximum atomic E-state index is 12.6. The van der Waals surface area contributed by atoms with E-state index in [1.54, 1.807) is 38.1 Å². The van der Waals surface area contributed by atoms with E-state index in [4.69, 9.17) is 5.26 Å². The summed E-state index contributed by atoms with van der Waals surface area (Å²) in [4.78, 5) is 11.9. The Morgan fingerprint density at radius 1 is 1.38 bits per heavy atom. The number of sulfonamides is 1. The van der Waals surface area contributed by atoms with Gasteiger partial charge in [0.1, 0.15) is 5.54 Å². The minimum absolute atomic E-state index is 0.232. The van der Waals surface area contributed by atoms with Crippen molar-refractivity contribution in [1.29, 1.82) is 5.26 Å². The predicted octanol–water partition coefficient (Wildman–Crippen LogP) is 0.598. The number of nitriles is 1. The molecule has 0 spiro atoms. The van der Waals surface area contributed by atoms with Gasteiger partial charge in [-0.15, -0.1) is 0 Å². The summed E-state index contributed by atoms with van der Waals surface area (Å²) >= 11 is 0. The normalized spacial score (nSPS) is 18.8. The van der Waals surface area contributed by atoms with Gasteiger partial charge in [0.15, 0.2) is 0 Å². The van der Waals surface area contributed by atoms with Crippen LogP contribution in [0.2, 0.25) is 0 Å². The van der Waals surface area contributed by atoms with Crippen molar-refractivity contribution in [3.8, 4) is 6.07 Å². The second-order valence-electron chi connectivity index (χ2n) is 5.41. The lowest BCUT2D eigenvalue weighted by Gasteiger charge is -2.39. The number of piperazine rings is 1. The van der Waals surface area contributed by atoms with Crippen LogP contribution in [-0.4, -0.2) is 37.3 Å². The zero-order valence-electron chi connectivity index (χ0n) is 12.0. The van der Waals surface area contributed by atoms with Gasteiger partial charge in [-0.1, -0.05) is 18.2 Å². The average Bonchev–Trinajstić information content (AvgIpc) is 2.41. The summed E-state index contributed by atoms with van der Waals surface area (Å²) in [7, 11) is -3.69. The van der Waals surface area contributed by atoms with Crippen LogP contribution in [0.4, 0.5) is 0 Å². The van der Waals surface area contributed by atoms with Gasteiger partial charge in [0.05, 0.1) is 17.4 Å². The summed E-state index contributed by atoms with van der Waals surface area (Å²) in [5.74, 6) is -0.598. The third-order valence-corrected chi connectivity index (χ3v) is 5.58. The molecule has 1 amide bonds. The number of amides is 1. The molecule has 0 radical (unpaired) electrons. The molecule has 21 heavy (non-hydrogen) atoms. The summed E-state index contributed by atoms with van der Waals surface area (Å²) in [5, 5.41) is 11.7. The van der Waals surface area contributed by atoms with Gasteiger partial charge in [0.25, 0.3) is 0 Å². The van der Waals surface area contributed by atoms with Crippen LogP contribution in [0, 0.1) is 11.3 Å². The van der Waals surface area contributed by atoms with Crippen molar-refractivity contribution in [2.45, 2.75) is 25.1 Å². The summed E-state index contributed by atoms with van der Waals surface area (Å²) in [6.45, 7) is 3.68. The highest BCUT2D eigenvalue weighted by molar-refractivity contribution is 7.88. The molecule has 0 unspecified atom stereocenters. The van der Waals surface area contributed by atoms with Gasteiger partial charge >= 0.3 is 0 Å². The molecule has 0 atom stereocenters. The first kappa shape index (κ1) is 15.5. The van der Waals surface area contributed by atoms with Crippen LogP contribution in [0.1, 0.15) is 25.0 Å². The molecule has 1 aliphatic heterocycles. The van der Waals surface area contributed by atoms with Crippen molar-refractivity contribution in [2.24, 2.45) is 0 Å². The lowest BCUT2D eigenvalue weighted by molar-refractivity contribution is -0.131. The summed E-state index contributed by atoms with van der Waals surface area (Å²) in [6, 6.07) is 8.57. The molecular formula is C14H17N3O3S. The van der Waals surface area contributed by atoms with E-state index in [0.29, 0.717) is 17.7 Å². The fourth-order valence-corrected chi connectivity index (χ4v) is 4.34. The molecule has 2 rings (SSSR count). The van der Waals surface area contributed by atoms with Crippen molar-refractivity contribution in [3.63, 3.8) is 0 Å². The van der Waals surface area contributed by atoms with Crippen molar-refractivity contribution in [2.75, 3.05) is 13.1 Å². The van der Waals surface area contributed by atoms with Crippen molar-refractivity contribution < 1.29 is 13.2 Å². The quantitative estimate of drug-likeness (QED) is 0.885. The fraction of sp³-hybridized carbons (Fsp3) is 0.429. The molecule has 1 N–H and O–H groups in total. The molecule has 7 heteroatoms. The van der Waals surface area contributed by atoms with E-state index in [1.807, 2.05) is 6.07 Å². The Morgan fingerprint density at radius 2 is 2.05 bits per heavy atom. The smallest absolute Gasteiger partial charge is 0.241 e. The van der Waals surface area contributed by atoms with Crippen LogP contribution in [0.3, 0.4) is 0 Å². The number of carbonyl (C=O) groups excluding carboxylic acids is 1. The van der Waals surface area contributed by atoms with Gasteiger partial charge in [-0.3, -0.25) is 4.79 Å². The lowest BCUT2D eigenvalue weighted by atomic mass is 10.0. The lowest BCUT2D eigenvalue weighted by Crippen LogP contribution is -2.63. The minimum atomic E-state index is -3.69. The molecule has 1 aromatic rings. The number of carbonyl (C=O) groups is 1. The average molecular weight is 307 g/mol. The van der Waals surface area contributed by atoms with Gasteiger partial charge < -0.3 is 5.32 Å². The van der Waals surface area contributed by atoms with Crippen LogP contribution >= 0.6 is 0 Å². The SMILES string of the molecule is CC1(C)C(=O)NCCN1S(=O)(=O)Cc1ccccc1C#N. The molecule has 1 fully saturated rings. The Morgan fingerprint density at radius 3 is 2.71 bits per heavy atom. The standard InChI is InChI=1S/C14H17N3O3S/c1-14(2)13(18)16-7-8-17(14)21(19,20)10-12-6-4-3-5-11(12)9-15/h3-6H,7-8,10H2,1-2H3,(H,16,18). The molecule has 0 aromatic heterocycles. The second kappa shape index (κ2) is 5.47. The van der Waals surface area contributed by atoms with Crippen molar-refractivity contribution in [1.82, 2.24) is 9.62 Å². The third-order valence-electron chi connectivity index (χ3n) is 3.59. The van der Waals surface area contributed by atoms with Crippen molar-refractivity contribution in [3.05, 3.63) is 35.4 Å². The Bertz CT molecular complexity index is 704. The fourth-order valence-electron chi connectivity index (χ4n) is 2.40. The van der Waals surface area contributed by atoms with Gasteiger partial charge in [0.2, 0.25) is 15.9 Å². The van der Waals surface area contributed by atoms with Gasteiger partial charge in [-0.05, 0) is 25.5 Å². The number of hydrogen-bond donors (Lipinski definition) is 1. The van der Waals surface area contributed by atoms with Crippen LogP contribution in [-0.2, 0) is 20.6 Å². The van der Waals surface area contributed by atoms with E-state index in [2.05, 4.69) is 5.32 Å². The molecule has 6 nitrogen and oxygen atoms in total. The van der Waals surface area contributed by atoms with E-state index in [9.17, 15) is 13.2 Å². The number of rotatable bonds is 3. The minimum Gasteiger partial charge on any atom is -0.353 e. The molecule has 1 heterocycles. The van der Waals surface area contributed by atoms with Crippen LogP contribution in [0.15, 0.2) is 24.3 Å². The molecule has 0 bridgehead atoms. The molecule has 1 aromatic carbocycles. The largest absolute Gasteiger partial charge is 0.353 e. The first-order valence-electron chi connectivity index (χ1n) is 6.56. The van der Waals surface area contributed by atoms with Crippen LogP contribution in [0.25, 0.3) is 0 Å². The van der Waals surface area contributed by atoms with E-state index >= 15 is 0 Å². The zero-order chi connectivity index (χ0) is 15.7. The Balaban J connectivity index is 2.35. The first-order valence-corrected chi connectivity index (χ1v) is 8.17. The second-order valence-corrected chi connectivity index (χ2v) is 7.31.